The molecular weight excluding hydrogens is 214 g/mol. The Bertz CT molecular complexity index is 355. The molecule has 3 nitrogen and oxygen atoms in total. The van der Waals surface area contributed by atoms with Crippen LogP contribution in [-0.4, -0.2) is 37.5 Å². The van der Waals surface area contributed by atoms with Gasteiger partial charge in [0.1, 0.15) is 6.29 Å². The Hall–Kier alpha value is -1.19. The minimum absolute atomic E-state index is 0.620. The van der Waals surface area contributed by atoms with Gasteiger partial charge in [0.25, 0.3) is 0 Å². The molecule has 92 valence electrons. The highest BCUT2D eigenvalue weighted by atomic mass is 16.5. The second kappa shape index (κ2) is 5.94. The zero-order valence-corrected chi connectivity index (χ0v) is 10.3. The van der Waals surface area contributed by atoms with E-state index in [0.29, 0.717) is 6.04 Å². The molecule has 0 atom stereocenters. The molecule has 1 fully saturated rings. The minimum atomic E-state index is 0.620. The first-order valence-corrected chi connectivity index (χ1v) is 6.11. The molecule has 1 aliphatic rings. The molecular formula is C14H19NO2. The van der Waals surface area contributed by atoms with Crippen LogP contribution in [0.15, 0.2) is 24.3 Å². The highest BCUT2D eigenvalue weighted by Gasteiger charge is 2.18. The van der Waals surface area contributed by atoms with Gasteiger partial charge in [-0.1, -0.05) is 24.3 Å². The van der Waals surface area contributed by atoms with Gasteiger partial charge in [-0.25, -0.2) is 0 Å². The lowest BCUT2D eigenvalue weighted by Gasteiger charge is -2.31. The summed E-state index contributed by atoms with van der Waals surface area (Å²) in [5.74, 6) is 0. The van der Waals surface area contributed by atoms with E-state index in [1.807, 2.05) is 24.3 Å². The van der Waals surface area contributed by atoms with E-state index >= 15 is 0 Å². The number of benzene rings is 1. The van der Waals surface area contributed by atoms with Crippen molar-refractivity contribution in [1.29, 1.82) is 0 Å². The number of ether oxygens (including phenoxy) is 1. The minimum Gasteiger partial charge on any atom is -0.381 e. The molecule has 1 aromatic rings. The standard InChI is InChI=1S/C14H19NO2/c1-15(14-6-8-17-9-7-14)10-12-2-4-13(11-16)5-3-12/h2-5,11,14H,6-10H2,1H3. The molecule has 0 unspecified atom stereocenters. The van der Waals surface area contributed by atoms with Gasteiger partial charge in [-0.3, -0.25) is 9.69 Å². The smallest absolute Gasteiger partial charge is 0.150 e. The Morgan fingerprint density at radius 3 is 2.53 bits per heavy atom. The van der Waals surface area contributed by atoms with Crippen molar-refractivity contribution in [2.75, 3.05) is 20.3 Å². The Kier molecular flexibility index (Phi) is 4.29. The molecule has 0 saturated carbocycles. The van der Waals surface area contributed by atoms with Crippen molar-refractivity contribution in [2.24, 2.45) is 0 Å². The Balaban J connectivity index is 1.92. The first-order valence-electron chi connectivity index (χ1n) is 6.11. The van der Waals surface area contributed by atoms with Crippen LogP contribution in [0.4, 0.5) is 0 Å². The summed E-state index contributed by atoms with van der Waals surface area (Å²) in [6, 6.07) is 8.42. The van der Waals surface area contributed by atoms with Gasteiger partial charge in [0, 0.05) is 31.4 Å². The van der Waals surface area contributed by atoms with Gasteiger partial charge in [-0.05, 0) is 25.5 Å². The van der Waals surface area contributed by atoms with E-state index in [0.717, 1.165) is 44.4 Å². The molecule has 0 aliphatic carbocycles. The monoisotopic (exact) mass is 233 g/mol. The summed E-state index contributed by atoms with van der Waals surface area (Å²) in [6.07, 6.45) is 3.11. The fourth-order valence-corrected chi connectivity index (χ4v) is 2.24. The molecule has 0 aromatic heterocycles. The SMILES string of the molecule is CN(Cc1ccc(C=O)cc1)C1CCOCC1. The normalized spacial score (nSPS) is 17.3. The molecule has 0 amide bonds. The fourth-order valence-electron chi connectivity index (χ4n) is 2.24. The summed E-state index contributed by atoms with van der Waals surface area (Å²) in [5.41, 5.74) is 1.99. The van der Waals surface area contributed by atoms with Crippen LogP contribution in [0.2, 0.25) is 0 Å². The first-order chi connectivity index (χ1) is 8.29. The van der Waals surface area contributed by atoms with Gasteiger partial charge in [0.2, 0.25) is 0 Å². The summed E-state index contributed by atoms with van der Waals surface area (Å²) in [7, 11) is 2.16. The van der Waals surface area contributed by atoms with Crippen LogP contribution in [0, 0.1) is 0 Å². The van der Waals surface area contributed by atoms with Gasteiger partial charge in [0.05, 0.1) is 0 Å². The average Bonchev–Trinajstić information content (AvgIpc) is 2.40. The van der Waals surface area contributed by atoms with Gasteiger partial charge >= 0.3 is 0 Å². The number of aldehydes is 1. The lowest BCUT2D eigenvalue weighted by molar-refractivity contribution is 0.0407. The van der Waals surface area contributed by atoms with Crippen LogP contribution >= 0.6 is 0 Å². The molecule has 0 bridgehead atoms. The maximum Gasteiger partial charge on any atom is 0.150 e. The number of rotatable bonds is 4. The number of carbonyl (C=O) groups excluding carboxylic acids is 1. The number of carbonyl (C=O) groups is 1. The zero-order chi connectivity index (χ0) is 12.1. The second-order valence-electron chi connectivity index (χ2n) is 4.62. The predicted octanol–water partition coefficient (Wildman–Crippen LogP) is 2.11. The zero-order valence-electron chi connectivity index (χ0n) is 10.3. The van der Waals surface area contributed by atoms with Gasteiger partial charge in [-0.2, -0.15) is 0 Å². The molecule has 3 heteroatoms. The largest absolute Gasteiger partial charge is 0.381 e. The summed E-state index contributed by atoms with van der Waals surface area (Å²) < 4.78 is 5.36. The molecule has 1 aliphatic heterocycles. The number of nitrogens with zero attached hydrogens (tertiary/aromatic N) is 1. The van der Waals surface area contributed by atoms with Gasteiger partial charge < -0.3 is 4.74 Å². The van der Waals surface area contributed by atoms with E-state index in [4.69, 9.17) is 4.74 Å². The number of hydrogen-bond donors (Lipinski definition) is 0. The maximum absolute atomic E-state index is 10.6. The van der Waals surface area contributed by atoms with E-state index < -0.39 is 0 Å². The van der Waals surface area contributed by atoms with Crippen molar-refractivity contribution in [3.63, 3.8) is 0 Å². The van der Waals surface area contributed by atoms with Crippen LogP contribution in [0.5, 0.6) is 0 Å². The lowest BCUT2D eigenvalue weighted by Crippen LogP contribution is -2.36. The van der Waals surface area contributed by atoms with Gasteiger partial charge in [0.15, 0.2) is 0 Å². The Morgan fingerprint density at radius 1 is 1.29 bits per heavy atom. The van der Waals surface area contributed by atoms with Crippen LogP contribution in [0.3, 0.4) is 0 Å². The summed E-state index contributed by atoms with van der Waals surface area (Å²) in [4.78, 5) is 12.9. The molecule has 0 spiro atoms. The molecule has 0 radical (unpaired) electrons. The van der Waals surface area contributed by atoms with E-state index in [9.17, 15) is 4.79 Å². The van der Waals surface area contributed by atoms with E-state index in [1.54, 1.807) is 0 Å². The molecule has 1 heterocycles. The predicted molar refractivity (Wildman–Crippen MR) is 67.1 cm³/mol. The first kappa shape index (κ1) is 12.3. The maximum atomic E-state index is 10.6. The van der Waals surface area contributed by atoms with Crippen molar-refractivity contribution in [3.8, 4) is 0 Å². The van der Waals surface area contributed by atoms with Crippen LogP contribution in [-0.2, 0) is 11.3 Å². The molecule has 0 N–H and O–H groups in total. The fraction of sp³-hybridized carbons (Fsp3) is 0.500. The van der Waals surface area contributed by atoms with Crippen LogP contribution in [0.25, 0.3) is 0 Å². The van der Waals surface area contributed by atoms with Gasteiger partial charge in [-0.15, -0.1) is 0 Å². The third kappa shape index (κ3) is 3.38. The van der Waals surface area contributed by atoms with Crippen LogP contribution < -0.4 is 0 Å². The molecule has 1 saturated heterocycles. The lowest BCUT2D eigenvalue weighted by atomic mass is 10.1. The Labute approximate surface area is 102 Å². The highest BCUT2D eigenvalue weighted by molar-refractivity contribution is 5.74. The highest BCUT2D eigenvalue weighted by Crippen LogP contribution is 2.15. The quantitative estimate of drug-likeness (QED) is 0.746. The van der Waals surface area contributed by atoms with E-state index in [2.05, 4.69) is 11.9 Å². The van der Waals surface area contributed by atoms with E-state index in [1.165, 1.54) is 5.56 Å². The third-order valence-electron chi connectivity index (χ3n) is 3.36. The summed E-state index contributed by atoms with van der Waals surface area (Å²) in [6.45, 7) is 2.68. The molecule has 2 rings (SSSR count). The van der Waals surface area contributed by atoms with Crippen molar-refractivity contribution in [2.45, 2.75) is 25.4 Å². The van der Waals surface area contributed by atoms with Crippen molar-refractivity contribution in [1.82, 2.24) is 4.90 Å². The van der Waals surface area contributed by atoms with Crippen molar-refractivity contribution in [3.05, 3.63) is 35.4 Å². The topological polar surface area (TPSA) is 29.5 Å². The van der Waals surface area contributed by atoms with E-state index in [-0.39, 0.29) is 0 Å². The van der Waals surface area contributed by atoms with Crippen LogP contribution in [0.1, 0.15) is 28.8 Å². The Morgan fingerprint density at radius 2 is 1.94 bits per heavy atom. The third-order valence-corrected chi connectivity index (χ3v) is 3.36. The van der Waals surface area contributed by atoms with Crippen molar-refractivity contribution >= 4 is 6.29 Å². The molecule has 17 heavy (non-hydrogen) atoms. The second-order valence-corrected chi connectivity index (χ2v) is 4.62. The molecule has 1 aromatic carbocycles. The number of hydrogen-bond acceptors (Lipinski definition) is 3. The van der Waals surface area contributed by atoms with Crippen molar-refractivity contribution < 1.29 is 9.53 Å². The average molecular weight is 233 g/mol. The summed E-state index contributed by atoms with van der Waals surface area (Å²) >= 11 is 0. The summed E-state index contributed by atoms with van der Waals surface area (Å²) in [5, 5.41) is 0.